The Labute approximate surface area is 237 Å². The van der Waals surface area contributed by atoms with Gasteiger partial charge in [-0.1, -0.05) is 34.4 Å². The van der Waals surface area contributed by atoms with Crippen LogP contribution >= 0.6 is 23.2 Å². The Bertz CT molecular complexity index is 1410. The van der Waals surface area contributed by atoms with Gasteiger partial charge in [-0.2, -0.15) is 18.4 Å². The molecule has 40 heavy (non-hydrogen) atoms. The highest BCUT2D eigenvalue weighted by atomic mass is 35.5. The summed E-state index contributed by atoms with van der Waals surface area (Å²) in [5.41, 5.74) is -3.64. The summed E-state index contributed by atoms with van der Waals surface area (Å²) in [5.74, 6) is -2.31. The number of amides is 2. The normalized spacial score (nSPS) is 19.4. The van der Waals surface area contributed by atoms with Gasteiger partial charge in [-0.25, -0.2) is 4.39 Å². The number of rotatable bonds is 8. The molecule has 0 saturated heterocycles. The van der Waals surface area contributed by atoms with Gasteiger partial charge in [0.2, 0.25) is 0 Å². The van der Waals surface area contributed by atoms with Crippen LogP contribution in [0.15, 0.2) is 35.5 Å². The van der Waals surface area contributed by atoms with Crippen molar-refractivity contribution in [2.45, 2.75) is 44.9 Å². The second kappa shape index (κ2) is 11.0. The van der Waals surface area contributed by atoms with E-state index in [4.69, 9.17) is 32.8 Å². The molecule has 0 aromatic heterocycles. The summed E-state index contributed by atoms with van der Waals surface area (Å²) in [5, 5.41) is 12.0. The van der Waals surface area contributed by atoms with Crippen molar-refractivity contribution in [1.82, 2.24) is 4.90 Å². The second-order valence-corrected chi connectivity index (χ2v) is 10.5. The summed E-state index contributed by atoms with van der Waals surface area (Å²) < 4.78 is 62.1. The van der Waals surface area contributed by atoms with Crippen LogP contribution in [0.5, 0.6) is 0 Å². The molecule has 2 aliphatic rings. The molecule has 1 aliphatic heterocycles. The van der Waals surface area contributed by atoms with Crippen LogP contribution in [0.3, 0.4) is 0 Å². The molecule has 1 unspecified atom stereocenters. The predicted octanol–water partition coefficient (Wildman–Crippen LogP) is 6.33. The minimum absolute atomic E-state index is 0.0818. The number of nitriles is 1. The first-order valence-electron chi connectivity index (χ1n) is 12.2. The Balaban J connectivity index is 1.62. The van der Waals surface area contributed by atoms with Crippen LogP contribution in [0, 0.1) is 29.5 Å². The van der Waals surface area contributed by atoms with Gasteiger partial charge in [0, 0.05) is 30.7 Å². The van der Waals surface area contributed by atoms with E-state index in [2.05, 4.69) is 11.2 Å². The molecular formula is C27H23Cl2F4N3O4. The van der Waals surface area contributed by atoms with Crippen molar-refractivity contribution in [2.75, 3.05) is 19.8 Å². The second-order valence-electron chi connectivity index (χ2n) is 9.73. The fraction of sp³-hybridized carbons (Fsp3) is 0.407. The Morgan fingerprint density at radius 3 is 2.38 bits per heavy atom. The van der Waals surface area contributed by atoms with Crippen LogP contribution in [0.25, 0.3) is 0 Å². The first kappa shape index (κ1) is 29.8. The molecule has 0 N–H and O–H groups in total. The molecule has 2 aromatic rings. The highest BCUT2D eigenvalue weighted by Crippen LogP contribution is 2.50. The van der Waals surface area contributed by atoms with Gasteiger partial charge in [0.25, 0.3) is 17.4 Å². The number of benzene rings is 2. The van der Waals surface area contributed by atoms with Gasteiger partial charge in [-0.05, 0) is 62.1 Å². The minimum Gasteiger partial charge on any atom is -0.374 e. The van der Waals surface area contributed by atoms with E-state index in [1.54, 1.807) is 13.8 Å². The van der Waals surface area contributed by atoms with Gasteiger partial charge < -0.3 is 9.57 Å². The molecule has 1 saturated carbocycles. The third-order valence-electron chi connectivity index (χ3n) is 6.95. The van der Waals surface area contributed by atoms with E-state index >= 15 is 0 Å². The first-order chi connectivity index (χ1) is 18.8. The molecule has 13 heteroatoms. The van der Waals surface area contributed by atoms with Crippen LogP contribution in [0.2, 0.25) is 10.0 Å². The minimum atomic E-state index is -4.98. The zero-order valence-corrected chi connectivity index (χ0v) is 22.9. The third kappa shape index (κ3) is 5.53. The van der Waals surface area contributed by atoms with Crippen LogP contribution in [0.4, 0.5) is 17.6 Å². The molecule has 1 heterocycles. The number of alkyl halides is 3. The molecule has 0 spiro atoms. The van der Waals surface area contributed by atoms with Crippen molar-refractivity contribution in [1.29, 1.82) is 5.26 Å². The molecule has 4 rings (SSSR count). The number of carbonyl (C=O) groups excluding carboxylic acids is 2. The van der Waals surface area contributed by atoms with Gasteiger partial charge >= 0.3 is 6.18 Å². The number of carbonyl (C=O) groups is 2. The van der Waals surface area contributed by atoms with Crippen LogP contribution < -0.4 is 0 Å². The van der Waals surface area contributed by atoms with Gasteiger partial charge in [0.1, 0.15) is 6.61 Å². The van der Waals surface area contributed by atoms with E-state index in [9.17, 15) is 32.4 Å². The number of imide groups is 1. The maximum atomic E-state index is 14.3. The highest BCUT2D eigenvalue weighted by Gasteiger charge is 2.62. The lowest BCUT2D eigenvalue weighted by Crippen LogP contribution is -2.43. The summed E-state index contributed by atoms with van der Waals surface area (Å²) in [6.45, 7) is 3.08. The van der Waals surface area contributed by atoms with Crippen molar-refractivity contribution >= 4 is 40.7 Å². The number of ether oxygens (including phenoxy) is 1. The molecule has 0 bridgehead atoms. The molecule has 2 amide bonds. The number of halogens is 6. The average Bonchev–Trinajstić information content (AvgIpc) is 3.53. The molecule has 1 aliphatic carbocycles. The summed E-state index contributed by atoms with van der Waals surface area (Å²) in [7, 11) is 0. The van der Waals surface area contributed by atoms with Gasteiger partial charge in [0.05, 0.1) is 27.2 Å². The van der Waals surface area contributed by atoms with Gasteiger partial charge in [-0.15, -0.1) is 0 Å². The molecule has 1 fully saturated rings. The summed E-state index contributed by atoms with van der Waals surface area (Å²) in [4.78, 5) is 32.1. The van der Waals surface area contributed by atoms with E-state index in [1.807, 2.05) is 0 Å². The van der Waals surface area contributed by atoms with E-state index in [0.717, 1.165) is 17.0 Å². The Hall–Kier alpha value is -3.20. The molecular weight excluding hydrogens is 577 g/mol. The van der Waals surface area contributed by atoms with Crippen LogP contribution in [0.1, 0.15) is 53.2 Å². The molecule has 212 valence electrons. The first-order valence-corrected chi connectivity index (χ1v) is 12.9. The summed E-state index contributed by atoms with van der Waals surface area (Å²) in [6.07, 6.45) is -4.64. The quantitative estimate of drug-likeness (QED) is 0.261. The summed E-state index contributed by atoms with van der Waals surface area (Å²) >= 11 is 11.5. The number of hydrogen-bond donors (Lipinski definition) is 0. The Morgan fingerprint density at radius 1 is 1.20 bits per heavy atom. The van der Waals surface area contributed by atoms with Crippen molar-refractivity contribution in [3.05, 3.63) is 68.4 Å². The predicted molar refractivity (Wildman–Crippen MR) is 137 cm³/mol. The topological polar surface area (TPSA) is 92.0 Å². The van der Waals surface area contributed by atoms with Crippen molar-refractivity contribution < 1.29 is 36.7 Å². The standard InChI is InChI=1S/C27H23Cl2F4N3O4/c1-3-39-12-22(37)36(14-25(13-34)6-7-25)24(38)18-5-4-16(8-15(18)2)21-11-26(40-35-21,27(31,32)33)17-9-19(28)23(30)20(29)10-17/h4-5,8-10H,3,6-7,11-12,14H2,1-2H3. The number of oxime groups is 1. The Kier molecular flexibility index (Phi) is 8.18. The highest BCUT2D eigenvalue weighted by molar-refractivity contribution is 6.35. The van der Waals surface area contributed by atoms with Crippen LogP contribution in [-0.2, 0) is 20.0 Å². The molecule has 2 aromatic carbocycles. The van der Waals surface area contributed by atoms with E-state index in [-0.39, 0.29) is 36.6 Å². The van der Waals surface area contributed by atoms with Gasteiger partial charge in [-0.3, -0.25) is 14.5 Å². The van der Waals surface area contributed by atoms with E-state index in [0.29, 0.717) is 18.4 Å². The SMILES string of the molecule is CCOCC(=O)N(CC1(C#N)CC1)C(=O)c1ccc(C2=NOC(c3cc(Cl)c(F)c(Cl)c3)(C(F)(F)F)C2)cc1C. The molecule has 0 radical (unpaired) electrons. The molecule has 1 atom stereocenters. The van der Waals surface area contributed by atoms with Crippen LogP contribution in [-0.4, -0.2) is 48.4 Å². The average molecular weight is 600 g/mol. The van der Waals surface area contributed by atoms with Crippen molar-refractivity contribution in [3.63, 3.8) is 0 Å². The fourth-order valence-corrected chi connectivity index (χ4v) is 4.86. The largest absolute Gasteiger partial charge is 0.435 e. The maximum Gasteiger partial charge on any atom is 0.435 e. The fourth-order valence-electron chi connectivity index (χ4n) is 4.38. The third-order valence-corrected chi connectivity index (χ3v) is 7.50. The number of hydrogen-bond acceptors (Lipinski definition) is 6. The number of aryl methyl sites for hydroxylation is 1. The van der Waals surface area contributed by atoms with Crippen molar-refractivity contribution in [3.8, 4) is 6.07 Å². The lowest BCUT2D eigenvalue weighted by molar-refractivity contribution is -0.275. The monoisotopic (exact) mass is 599 g/mol. The molecule has 7 nitrogen and oxygen atoms in total. The smallest absolute Gasteiger partial charge is 0.374 e. The summed E-state index contributed by atoms with van der Waals surface area (Å²) in [6, 6.07) is 7.97. The Morgan fingerprint density at radius 2 is 1.85 bits per heavy atom. The zero-order valence-electron chi connectivity index (χ0n) is 21.4. The van der Waals surface area contributed by atoms with E-state index < -0.39 is 56.9 Å². The lowest BCUT2D eigenvalue weighted by atomic mass is 9.86. The van der Waals surface area contributed by atoms with Gasteiger partial charge in [0.15, 0.2) is 5.82 Å². The van der Waals surface area contributed by atoms with E-state index in [1.165, 1.54) is 18.2 Å². The zero-order chi connectivity index (χ0) is 29.5. The van der Waals surface area contributed by atoms with Crippen molar-refractivity contribution in [2.24, 2.45) is 10.6 Å². The lowest BCUT2D eigenvalue weighted by Gasteiger charge is -2.29. The number of nitrogens with zero attached hydrogens (tertiary/aromatic N) is 3. The maximum absolute atomic E-state index is 14.3.